The van der Waals surface area contributed by atoms with Gasteiger partial charge in [0, 0.05) is 51.9 Å². The third kappa shape index (κ3) is 4.42. The normalized spacial score (nSPS) is 31.1. The van der Waals surface area contributed by atoms with Gasteiger partial charge in [0.2, 0.25) is 0 Å². The lowest BCUT2D eigenvalue weighted by atomic mass is 10.0. The fraction of sp³-hybridized carbons (Fsp3) is 1.00. The second-order valence-electron chi connectivity index (χ2n) is 7.55. The molecule has 22 heavy (non-hydrogen) atoms. The Balaban J connectivity index is 1.36. The molecule has 0 aliphatic carbocycles. The highest BCUT2D eigenvalue weighted by Gasteiger charge is 2.31. The van der Waals surface area contributed by atoms with Gasteiger partial charge in [-0.1, -0.05) is 0 Å². The largest absolute Gasteiger partial charge is 0.395 e. The summed E-state index contributed by atoms with van der Waals surface area (Å²) >= 11 is 0. The molecule has 0 aromatic carbocycles. The molecule has 0 spiro atoms. The average Bonchev–Trinajstić information content (AvgIpc) is 2.99. The van der Waals surface area contributed by atoms with Gasteiger partial charge in [0.1, 0.15) is 0 Å². The predicted octanol–water partition coefficient (Wildman–Crippen LogP) is 0.0124. The van der Waals surface area contributed by atoms with Crippen LogP contribution >= 0.6 is 0 Å². The minimum Gasteiger partial charge on any atom is -0.395 e. The number of hydrogen-bond acceptors (Lipinski definition) is 5. The van der Waals surface area contributed by atoms with Crippen molar-refractivity contribution in [2.75, 3.05) is 79.1 Å². The molecule has 1 N–H and O–H groups in total. The first-order valence-corrected chi connectivity index (χ1v) is 9.23. The maximum Gasteiger partial charge on any atom is 0.0558 e. The molecule has 128 valence electrons. The summed E-state index contributed by atoms with van der Waals surface area (Å²) in [6.45, 7) is 12.3. The highest BCUT2D eigenvalue weighted by molar-refractivity contribution is 4.86. The van der Waals surface area contributed by atoms with Crippen LogP contribution in [-0.4, -0.2) is 110 Å². The zero-order chi connectivity index (χ0) is 15.4. The van der Waals surface area contributed by atoms with Crippen molar-refractivity contribution in [2.24, 2.45) is 5.92 Å². The summed E-state index contributed by atoms with van der Waals surface area (Å²) in [5, 5.41) is 9.02. The molecule has 3 heterocycles. The lowest BCUT2D eigenvalue weighted by molar-refractivity contribution is 0.0981. The molecule has 3 aliphatic heterocycles. The summed E-state index contributed by atoms with van der Waals surface area (Å²) in [5.74, 6) is 0.879. The van der Waals surface area contributed by atoms with Gasteiger partial charge in [0.25, 0.3) is 0 Å². The minimum absolute atomic E-state index is 0.300. The van der Waals surface area contributed by atoms with Crippen molar-refractivity contribution in [3.05, 3.63) is 0 Å². The van der Waals surface area contributed by atoms with Crippen LogP contribution in [0.25, 0.3) is 0 Å². The van der Waals surface area contributed by atoms with E-state index in [4.69, 9.17) is 5.11 Å². The lowest BCUT2D eigenvalue weighted by Crippen LogP contribution is -2.48. The summed E-state index contributed by atoms with van der Waals surface area (Å²) in [4.78, 5) is 10.3. The molecule has 0 bridgehead atoms. The van der Waals surface area contributed by atoms with Gasteiger partial charge in [-0.25, -0.2) is 0 Å². The first-order chi connectivity index (χ1) is 10.7. The van der Waals surface area contributed by atoms with E-state index in [0.29, 0.717) is 6.61 Å². The molecular weight excluding hydrogens is 276 g/mol. The van der Waals surface area contributed by atoms with Crippen LogP contribution in [0.3, 0.4) is 0 Å². The van der Waals surface area contributed by atoms with E-state index in [1.165, 1.54) is 65.1 Å². The average molecular weight is 310 g/mol. The van der Waals surface area contributed by atoms with E-state index in [9.17, 15) is 0 Å². The number of aliphatic hydroxyl groups is 1. The second-order valence-corrected chi connectivity index (χ2v) is 7.55. The van der Waals surface area contributed by atoms with Crippen molar-refractivity contribution in [1.82, 2.24) is 19.6 Å². The number of aliphatic hydroxyl groups excluding tert-OH is 1. The number of rotatable bonds is 5. The van der Waals surface area contributed by atoms with E-state index in [-0.39, 0.29) is 0 Å². The summed E-state index contributed by atoms with van der Waals surface area (Å²) in [5.41, 5.74) is 0. The van der Waals surface area contributed by atoms with E-state index in [1.807, 2.05) is 0 Å². The van der Waals surface area contributed by atoms with E-state index in [2.05, 4.69) is 26.6 Å². The van der Waals surface area contributed by atoms with Crippen molar-refractivity contribution < 1.29 is 5.11 Å². The predicted molar refractivity (Wildman–Crippen MR) is 90.2 cm³/mol. The molecule has 3 fully saturated rings. The highest BCUT2D eigenvalue weighted by atomic mass is 16.3. The third-order valence-corrected chi connectivity index (χ3v) is 5.92. The van der Waals surface area contributed by atoms with Crippen molar-refractivity contribution in [2.45, 2.75) is 25.3 Å². The van der Waals surface area contributed by atoms with Crippen LogP contribution in [0, 0.1) is 5.92 Å². The molecule has 1 unspecified atom stereocenters. The number of likely N-dealkylation sites (tertiary alicyclic amines) is 2. The minimum atomic E-state index is 0.300. The molecule has 5 heteroatoms. The lowest BCUT2D eigenvalue weighted by Gasteiger charge is -2.36. The number of β-amino-alcohol motifs (C(OH)–C–C–N with tert-alkyl or cyclic N) is 1. The molecule has 3 saturated heterocycles. The van der Waals surface area contributed by atoms with E-state index in [1.54, 1.807) is 0 Å². The maximum absolute atomic E-state index is 9.02. The Hall–Kier alpha value is -0.200. The molecule has 0 aromatic heterocycles. The standard InChI is InChI=1S/C17H34N4O/c1-18-5-3-17(4-6-18)21-7-2-16(15-21)14-20-10-8-19(9-11-20)12-13-22/h16-17,22H,2-15H2,1H3. The van der Waals surface area contributed by atoms with E-state index < -0.39 is 0 Å². The van der Waals surface area contributed by atoms with Crippen LogP contribution in [-0.2, 0) is 0 Å². The topological polar surface area (TPSA) is 33.2 Å². The monoisotopic (exact) mass is 310 g/mol. The van der Waals surface area contributed by atoms with Gasteiger partial charge in [0.15, 0.2) is 0 Å². The Morgan fingerprint density at radius 1 is 0.864 bits per heavy atom. The Morgan fingerprint density at radius 3 is 2.23 bits per heavy atom. The molecule has 0 saturated carbocycles. The molecule has 3 rings (SSSR count). The first kappa shape index (κ1) is 16.7. The van der Waals surface area contributed by atoms with Crippen LogP contribution < -0.4 is 0 Å². The Kier molecular flexibility index (Phi) is 6.10. The van der Waals surface area contributed by atoms with Crippen LogP contribution in [0.1, 0.15) is 19.3 Å². The molecule has 5 nitrogen and oxygen atoms in total. The fourth-order valence-corrected chi connectivity index (χ4v) is 4.41. The Labute approximate surface area is 135 Å². The van der Waals surface area contributed by atoms with Crippen LogP contribution in [0.2, 0.25) is 0 Å². The van der Waals surface area contributed by atoms with E-state index in [0.717, 1.165) is 31.6 Å². The van der Waals surface area contributed by atoms with Crippen molar-refractivity contribution in [3.8, 4) is 0 Å². The van der Waals surface area contributed by atoms with Gasteiger partial charge < -0.3 is 14.9 Å². The molecular formula is C17H34N4O. The number of hydrogen-bond donors (Lipinski definition) is 1. The van der Waals surface area contributed by atoms with E-state index >= 15 is 0 Å². The van der Waals surface area contributed by atoms with Gasteiger partial charge in [0.05, 0.1) is 6.61 Å². The summed E-state index contributed by atoms with van der Waals surface area (Å²) in [6, 6.07) is 0.850. The highest BCUT2D eigenvalue weighted by Crippen LogP contribution is 2.24. The smallest absolute Gasteiger partial charge is 0.0558 e. The van der Waals surface area contributed by atoms with Gasteiger partial charge in [-0.2, -0.15) is 0 Å². The molecule has 0 amide bonds. The fourth-order valence-electron chi connectivity index (χ4n) is 4.41. The van der Waals surface area contributed by atoms with Gasteiger partial charge >= 0.3 is 0 Å². The molecule has 0 aromatic rings. The SMILES string of the molecule is CN1CCC(N2CCC(CN3CCN(CCO)CC3)C2)CC1. The van der Waals surface area contributed by atoms with Gasteiger partial charge in [-0.15, -0.1) is 0 Å². The number of piperazine rings is 1. The van der Waals surface area contributed by atoms with Crippen molar-refractivity contribution in [3.63, 3.8) is 0 Å². The van der Waals surface area contributed by atoms with Crippen molar-refractivity contribution in [1.29, 1.82) is 0 Å². The number of piperidine rings is 1. The second kappa shape index (κ2) is 8.06. The zero-order valence-corrected chi connectivity index (χ0v) is 14.3. The molecule has 0 radical (unpaired) electrons. The maximum atomic E-state index is 9.02. The van der Waals surface area contributed by atoms with Gasteiger partial charge in [-0.05, 0) is 51.9 Å². The van der Waals surface area contributed by atoms with Crippen molar-refractivity contribution >= 4 is 0 Å². The summed E-state index contributed by atoms with van der Waals surface area (Å²) < 4.78 is 0. The Bertz CT molecular complexity index is 325. The zero-order valence-electron chi connectivity index (χ0n) is 14.3. The first-order valence-electron chi connectivity index (χ1n) is 9.23. The van der Waals surface area contributed by atoms with Crippen LogP contribution in [0.15, 0.2) is 0 Å². The summed E-state index contributed by atoms with van der Waals surface area (Å²) in [6.07, 6.45) is 4.12. The summed E-state index contributed by atoms with van der Waals surface area (Å²) in [7, 11) is 2.25. The molecule has 1 atom stereocenters. The Morgan fingerprint density at radius 2 is 1.55 bits per heavy atom. The quantitative estimate of drug-likeness (QED) is 0.774. The third-order valence-electron chi connectivity index (χ3n) is 5.92. The van der Waals surface area contributed by atoms with Crippen LogP contribution in [0.4, 0.5) is 0 Å². The van der Waals surface area contributed by atoms with Gasteiger partial charge in [-0.3, -0.25) is 9.80 Å². The number of nitrogens with zero attached hydrogens (tertiary/aromatic N) is 4. The molecule has 3 aliphatic rings. The van der Waals surface area contributed by atoms with Crippen LogP contribution in [0.5, 0.6) is 0 Å².